The molecule has 3 aromatic carbocycles. The van der Waals surface area contributed by atoms with Crippen molar-refractivity contribution < 1.29 is 33.4 Å². The molecule has 0 heterocycles. The highest BCUT2D eigenvalue weighted by molar-refractivity contribution is 5.95. The quantitative estimate of drug-likeness (QED) is 0.0526. The molecule has 326 valence electrons. The van der Waals surface area contributed by atoms with Gasteiger partial charge in [0.15, 0.2) is 0 Å². The van der Waals surface area contributed by atoms with E-state index in [-0.39, 0.29) is 36.9 Å². The maximum absolute atomic E-state index is 13.3. The number of fused-ring (bicyclic) bond motifs is 3. The predicted octanol–water partition coefficient (Wildman–Crippen LogP) is 10.6. The van der Waals surface area contributed by atoms with Crippen LogP contribution < -0.4 is 10.6 Å². The second kappa shape index (κ2) is 27.7. The van der Waals surface area contributed by atoms with Crippen LogP contribution in [-0.2, 0) is 35.3 Å². The minimum absolute atomic E-state index is 0.0613. The van der Waals surface area contributed by atoms with Crippen LogP contribution in [-0.4, -0.2) is 60.4 Å². The number of unbranched alkanes of at least 4 members (excludes halogenated alkanes) is 11. The number of alkyl carbamates (subject to hydrolysis) is 1. The maximum atomic E-state index is 13.3. The molecule has 0 saturated heterocycles. The molecule has 60 heavy (non-hydrogen) atoms. The van der Waals surface area contributed by atoms with Crippen molar-refractivity contribution in [1.82, 2.24) is 15.5 Å². The molecule has 4 amide bonds. The van der Waals surface area contributed by atoms with Crippen molar-refractivity contribution in [2.45, 2.75) is 154 Å². The Bertz CT molecular complexity index is 1690. The van der Waals surface area contributed by atoms with Crippen molar-refractivity contribution in [3.63, 3.8) is 0 Å². The summed E-state index contributed by atoms with van der Waals surface area (Å²) in [5.41, 5.74) is 5.31. The van der Waals surface area contributed by atoms with E-state index >= 15 is 0 Å². The van der Waals surface area contributed by atoms with Gasteiger partial charge in [0, 0.05) is 38.3 Å². The van der Waals surface area contributed by atoms with Crippen molar-refractivity contribution in [2.24, 2.45) is 0 Å². The third kappa shape index (κ3) is 16.6. The third-order valence-electron chi connectivity index (χ3n) is 11.3. The molecule has 1 aliphatic rings. The van der Waals surface area contributed by atoms with Gasteiger partial charge < -0.3 is 20.1 Å². The van der Waals surface area contributed by atoms with Gasteiger partial charge in [-0.05, 0) is 72.8 Å². The Kier molecular flexibility index (Phi) is 22.0. The molecule has 1 atom stereocenters. The third-order valence-corrected chi connectivity index (χ3v) is 11.3. The molecule has 2 N–H and O–H groups in total. The number of carbonyl (C=O) groups is 5. The summed E-state index contributed by atoms with van der Waals surface area (Å²) in [6.45, 7) is 5.38. The Labute approximate surface area is 358 Å². The van der Waals surface area contributed by atoms with Gasteiger partial charge in [-0.25, -0.2) is 9.59 Å². The summed E-state index contributed by atoms with van der Waals surface area (Å²) in [6, 6.07) is 24.7. The minimum Gasteiger partial charge on any atom is -0.459 e. The van der Waals surface area contributed by atoms with Crippen LogP contribution in [0.25, 0.3) is 11.1 Å². The number of rotatable bonds is 29. The minimum atomic E-state index is -0.916. The van der Waals surface area contributed by atoms with Gasteiger partial charge in [0.25, 0.3) is 0 Å². The lowest BCUT2D eigenvalue weighted by Crippen LogP contribution is -2.42. The fourth-order valence-corrected chi connectivity index (χ4v) is 7.80. The van der Waals surface area contributed by atoms with Crippen LogP contribution in [0.4, 0.5) is 4.79 Å². The summed E-state index contributed by atoms with van der Waals surface area (Å²) in [4.78, 5) is 66.7. The summed E-state index contributed by atoms with van der Waals surface area (Å²) >= 11 is 0. The monoisotopic (exact) mass is 824 g/mol. The van der Waals surface area contributed by atoms with E-state index in [1.54, 1.807) is 0 Å². The second-order valence-corrected chi connectivity index (χ2v) is 16.0. The molecule has 10 nitrogen and oxygen atoms in total. The first-order chi connectivity index (χ1) is 29.3. The lowest BCUT2D eigenvalue weighted by atomic mass is 9.98. The Hall–Kier alpha value is -4.99. The van der Waals surface area contributed by atoms with Crippen molar-refractivity contribution in [3.05, 3.63) is 95.6 Å². The number of nitrogens with zero attached hydrogens (tertiary/aromatic N) is 1. The number of carbonyl (C=O) groups excluding carboxylic acids is 5. The van der Waals surface area contributed by atoms with Crippen molar-refractivity contribution in [2.75, 3.05) is 19.7 Å². The first-order valence-electron chi connectivity index (χ1n) is 22.7. The van der Waals surface area contributed by atoms with Gasteiger partial charge in [0.2, 0.25) is 17.7 Å². The molecular formula is C50H69N3O7. The molecule has 10 heteroatoms. The highest BCUT2D eigenvalue weighted by Crippen LogP contribution is 2.44. The first kappa shape index (κ1) is 47.7. The highest BCUT2D eigenvalue weighted by atomic mass is 16.6. The van der Waals surface area contributed by atoms with Crippen molar-refractivity contribution in [3.8, 4) is 11.1 Å². The van der Waals surface area contributed by atoms with E-state index in [1.165, 1.54) is 4.90 Å². The number of nitrogens with one attached hydrogen (secondary N) is 2. The van der Waals surface area contributed by atoms with Gasteiger partial charge in [-0.3, -0.25) is 19.3 Å². The zero-order chi connectivity index (χ0) is 42.8. The summed E-state index contributed by atoms with van der Waals surface area (Å²) in [5, 5.41) is 5.72. The van der Waals surface area contributed by atoms with Crippen molar-refractivity contribution in [1.29, 1.82) is 0 Å². The largest absolute Gasteiger partial charge is 0.459 e. The van der Waals surface area contributed by atoms with Crippen LogP contribution in [0.1, 0.15) is 158 Å². The summed E-state index contributed by atoms with van der Waals surface area (Å²) in [5.74, 6) is -0.847. The molecule has 1 aliphatic carbocycles. The second-order valence-electron chi connectivity index (χ2n) is 16.0. The SMILES string of the molecule is CCCCCCCC(=O)N(CCCCCC(=O)NCCCCC(NC(=O)OCC1c2ccccc2-c2ccccc21)C(=O)OCc1ccccc1)C(=O)CCCCCCC. The standard InChI is InChI=1S/C50H69N3O7/c1-3-5-7-9-16-33-47(55)53(48(56)34-17-10-8-6-4-2)36-24-12-15-32-46(54)51-35-23-22-31-45(49(57)59-37-39-25-13-11-14-26-39)52-50(58)60-38-44-42-29-20-18-27-40(42)41-28-19-21-30-43(41)44/h11,13-14,18-21,25-30,44-45H,3-10,12,15-17,22-24,31-38H2,1-2H3,(H,51,54)(H,52,58). The van der Waals surface area contributed by atoms with E-state index < -0.39 is 18.1 Å². The topological polar surface area (TPSA) is 131 Å². The van der Waals surface area contributed by atoms with E-state index in [1.807, 2.05) is 54.6 Å². The van der Waals surface area contributed by atoms with Crippen LogP contribution in [0.5, 0.6) is 0 Å². The molecule has 1 unspecified atom stereocenters. The predicted molar refractivity (Wildman–Crippen MR) is 237 cm³/mol. The molecular weight excluding hydrogens is 755 g/mol. The average Bonchev–Trinajstić information content (AvgIpc) is 3.58. The van der Waals surface area contributed by atoms with Crippen molar-refractivity contribution >= 4 is 29.8 Å². The van der Waals surface area contributed by atoms with Crippen LogP contribution in [0.15, 0.2) is 78.9 Å². The van der Waals surface area contributed by atoms with Gasteiger partial charge in [-0.1, -0.05) is 150 Å². The lowest BCUT2D eigenvalue weighted by Gasteiger charge is -2.21. The summed E-state index contributed by atoms with van der Waals surface area (Å²) < 4.78 is 11.3. The van der Waals surface area contributed by atoms with Crippen LogP contribution in [0.2, 0.25) is 0 Å². The Morgan fingerprint density at radius 1 is 0.600 bits per heavy atom. The molecule has 0 aliphatic heterocycles. The van der Waals surface area contributed by atoms with Gasteiger partial charge in [0.1, 0.15) is 19.3 Å². The zero-order valence-corrected chi connectivity index (χ0v) is 36.2. The first-order valence-corrected chi connectivity index (χ1v) is 22.7. The van der Waals surface area contributed by atoms with Crippen LogP contribution >= 0.6 is 0 Å². The summed E-state index contributed by atoms with van der Waals surface area (Å²) in [6.07, 6.45) is 14.5. The fourth-order valence-electron chi connectivity index (χ4n) is 7.80. The number of hydrogen-bond acceptors (Lipinski definition) is 7. The Morgan fingerprint density at radius 2 is 1.15 bits per heavy atom. The molecule has 4 rings (SSSR count). The van der Waals surface area contributed by atoms with Gasteiger partial charge in [0.05, 0.1) is 0 Å². The molecule has 0 aromatic heterocycles. The smallest absolute Gasteiger partial charge is 0.407 e. The molecule has 0 spiro atoms. The van der Waals surface area contributed by atoms with E-state index in [2.05, 4.69) is 48.7 Å². The van der Waals surface area contributed by atoms with E-state index in [0.29, 0.717) is 64.5 Å². The zero-order valence-electron chi connectivity index (χ0n) is 36.2. The normalized spacial score (nSPS) is 12.2. The van der Waals surface area contributed by atoms with Gasteiger partial charge in [-0.15, -0.1) is 0 Å². The Morgan fingerprint density at radius 3 is 1.77 bits per heavy atom. The molecule has 0 bridgehead atoms. The van der Waals surface area contributed by atoms with E-state index in [0.717, 1.165) is 98.4 Å². The summed E-state index contributed by atoms with van der Waals surface area (Å²) in [7, 11) is 0. The molecule has 0 fully saturated rings. The maximum Gasteiger partial charge on any atom is 0.407 e. The van der Waals surface area contributed by atoms with Crippen LogP contribution in [0, 0.1) is 0 Å². The Balaban J connectivity index is 1.18. The van der Waals surface area contributed by atoms with Gasteiger partial charge in [-0.2, -0.15) is 0 Å². The number of esters is 1. The lowest BCUT2D eigenvalue weighted by molar-refractivity contribution is -0.148. The highest BCUT2D eigenvalue weighted by Gasteiger charge is 2.30. The number of hydrogen-bond donors (Lipinski definition) is 2. The fraction of sp³-hybridized carbons (Fsp3) is 0.540. The molecule has 0 saturated carbocycles. The number of amides is 4. The van der Waals surface area contributed by atoms with Gasteiger partial charge >= 0.3 is 12.1 Å². The number of benzene rings is 3. The average molecular weight is 824 g/mol. The van der Waals surface area contributed by atoms with Crippen LogP contribution in [0.3, 0.4) is 0 Å². The molecule has 0 radical (unpaired) electrons. The van der Waals surface area contributed by atoms with E-state index in [9.17, 15) is 24.0 Å². The number of ether oxygens (including phenoxy) is 2. The number of imide groups is 1. The van der Waals surface area contributed by atoms with E-state index in [4.69, 9.17) is 9.47 Å². The molecule has 3 aromatic rings.